The molecule has 10 heteroatoms. The lowest BCUT2D eigenvalue weighted by atomic mass is 10.1. The first-order valence-electron chi connectivity index (χ1n) is 11.0. The topological polar surface area (TPSA) is 94.3 Å². The molecule has 0 radical (unpaired) electrons. The lowest BCUT2D eigenvalue weighted by molar-refractivity contribution is 0.259. The molecule has 1 aromatic heterocycles. The summed E-state index contributed by atoms with van der Waals surface area (Å²) in [6.45, 7) is 6.99. The predicted molar refractivity (Wildman–Crippen MR) is 120 cm³/mol. The number of guanidine groups is 1. The lowest BCUT2D eigenvalue weighted by Crippen LogP contribution is -2.53. The number of aromatic nitrogens is 1. The second kappa shape index (κ2) is 12.9. The van der Waals surface area contributed by atoms with E-state index in [2.05, 4.69) is 41.3 Å². The molecule has 2 heterocycles. The quantitative estimate of drug-likeness (QED) is 0.298. The van der Waals surface area contributed by atoms with Gasteiger partial charge in [0.05, 0.1) is 5.69 Å². The minimum absolute atomic E-state index is 0.119. The van der Waals surface area contributed by atoms with Crippen LogP contribution in [0.2, 0.25) is 0 Å². The van der Waals surface area contributed by atoms with Crippen LogP contribution in [0.4, 0.5) is 0 Å². The fraction of sp³-hybridized carbons (Fsp3) is 0.800. The van der Waals surface area contributed by atoms with Gasteiger partial charge in [-0.05, 0) is 40.4 Å². The number of nitrogens with one attached hydrogen (secondary N) is 1. The van der Waals surface area contributed by atoms with Crippen molar-refractivity contribution in [2.24, 2.45) is 4.99 Å². The Balaban J connectivity index is 1.74. The van der Waals surface area contributed by atoms with E-state index in [4.69, 9.17) is 9.52 Å². The molecule has 9 nitrogen and oxygen atoms in total. The SMILES string of the molecule is CCNC(=NCCCCCCCN(C)C)N1CCN(S(=O)(=O)Cc2ccon2)CC1. The first-order valence-corrected chi connectivity index (χ1v) is 12.6. The molecule has 172 valence electrons. The summed E-state index contributed by atoms with van der Waals surface area (Å²) < 4.78 is 31.5. The van der Waals surface area contributed by atoms with Crippen LogP contribution in [0.25, 0.3) is 0 Å². The summed E-state index contributed by atoms with van der Waals surface area (Å²) in [6, 6.07) is 1.59. The highest BCUT2D eigenvalue weighted by Crippen LogP contribution is 2.13. The Morgan fingerprint density at radius 2 is 1.87 bits per heavy atom. The molecule has 1 N–H and O–H groups in total. The van der Waals surface area contributed by atoms with Crippen LogP contribution < -0.4 is 5.32 Å². The Morgan fingerprint density at radius 3 is 2.50 bits per heavy atom. The highest BCUT2D eigenvalue weighted by Gasteiger charge is 2.28. The lowest BCUT2D eigenvalue weighted by Gasteiger charge is -2.35. The highest BCUT2D eigenvalue weighted by molar-refractivity contribution is 7.88. The predicted octanol–water partition coefficient (Wildman–Crippen LogP) is 1.60. The molecule has 0 aliphatic carbocycles. The van der Waals surface area contributed by atoms with E-state index < -0.39 is 10.0 Å². The maximum Gasteiger partial charge on any atom is 0.220 e. The van der Waals surface area contributed by atoms with Crippen LogP contribution in [0, 0.1) is 0 Å². The maximum atomic E-state index is 12.6. The molecule has 0 amide bonds. The van der Waals surface area contributed by atoms with Crippen LogP contribution in [0.15, 0.2) is 21.8 Å². The fourth-order valence-electron chi connectivity index (χ4n) is 3.45. The Labute approximate surface area is 181 Å². The van der Waals surface area contributed by atoms with Gasteiger partial charge >= 0.3 is 0 Å². The van der Waals surface area contributed by atoms with Crippen molar-refractivity contribution in [2.75, 3.05) is 59.9 Å². The molecular weight excluding hydrogens is 404 g/mol. The zero-order chi connectivity index (χ0) is 21.8. The third-order valence-electron chi connectivity index (χ3n) is 5.11. The Morgan fingerprint density at radius 1 is 1.17 bits per heavy atom. The van der Waals surface area contributed by atoms with Crippen molar-refractivity contribution in [3.05, 3.63) is 18.0 Å². The fourth-order valence-corrected chi connectivity index (χ4v) is 4.87. The first kappa shape index (κ1) is 24.6. The van der Waals surface area contributed by atoms with Gasteiger partial charge in [-0.1, -0.05) is 24.4 Å². The van der Waals surface area contributed by atoms with E-state index in [1.54, 1.807) is 6.07 Å². The second-order valence-electron chi connectivity index (χ2n) is 7.94. The summed E-state index contributed by atoms with van der Waals surface area (Å²) in [7, 11) is 0.844. The van der Waals surface area contributed by atoms with E-state index in [0.29, 0.717) is 31.9 Å². The van der Waals surface area contributed by atoms with E-state index in [-0.39, 0.29) is 5.75 Å². The van der Waals surface area contributed by atoms with Crippen LogP contribution in [0.1, 0.15) is 44.7 Å². The van der Waals surface area contributed by atoms with Gasteiger partial charge in [0.1, 0.15) is 12.0 Å². The molecule has 2 rings (SSSR count). The first-order chi connectivity index (χ1) is 14.4. The summed E-state index contributed by atoms with van der Waals surface area (Å²) in [4.78, 5) is 9.15. The minimum atomic E-state index is -3.38. The van der Waals surface area contributed by atoms with Gasteiger partial charge in [0.15, 0.2) is 5.96 Å². The summed E-state index contributed by atoms with van der Waals surface area (Å²) in [5.74, 6) is 0.769. The van der Waals surface area contributed by atoms with Gasteiger partial charge in [-0.15, -0.1) is 0 Å². The molecule has 1 aliphatic rings. The summed E-state index contributed by atoms with van der Waals surface area (Å²) >= 11 is 0. The molecule has 30 heavy (non-hydrogen) atoms. The van der Waals surface area contributed by atoms with E-state index in [9.17, 15) is 8.42 Å². The average Bonchev–Trinajstić information content (AvgIpc) is 3.21. The molecule has 1 aliphatic heterocycles. The number of unbranched alkanes of at least 4 members (excludes halogenated alkanes) is 4. The smallest absolute Gasteiger partial charge is 0.220 e. The zero-order valence-corrected chi connectivity index (χ0v) is 19.5. The second-order valence-corrected chi connectivity index (χ2v) is 9.91. The zero-order valence-electron chi connectivity index (χ0n) is 18.7. The van der Waals surface area contributed by atoms with Crippen molar-refractivity contribution in [3.63, 3.8) is 0 Å². The van der Waals surface area contributed by atoms with E-state index >= 15 is 0 Å². The number of hydrogen-bond donors (Lipinski definition) is 1. The van der Waals surface area contributed by atoms with Gasteiger partial charge in [0, 0.05) is 45.3 Å². The van der Waals surface area contributed by atoms with Crippen molar-refractivity contribution < 1.29 is 12.9 Å². The maximum absolute atomic E-state index is 12.6. The molecule has 0 spiro atoms. The number of aliphatic imine (C=N–C) groups is 1. The van der Waals surface area contributed by atoms with Gasteiger partial charge in [-0.2, -0.15) is 4.31 Å². The van der Waals surface area contributed by atoms with Crippen LogP contribution in [0.5, 0.6) is 0 Å². The minimum Gasteiger partial charge on any atom is -0.364 e. The van der Waals surface area contributed by atoms with Gasteiger partial charge < -0.3 is 19.6 Å². The van der Waals surface area contributed by atoms with Crippen LogP contribution in [0.3, 0.4) is 0 Å². The van der Waals surface area contributed by atoms with Crippen molar-refractivity contribution >= 4 is 16.0 Å². The highest BCUT2D eigenvalue weighted by atomic mass is 32.2. The molecule has 0 saturated carbocycles. The number of sulfonamides is 1. The van der Waals surface area contributed by atoms with Crippen molar-refractivity contribution in [1.29, 1.82) is 0 Å². The molecule has 0 aromatic carbocycles. The summed E-state index contributed by atoms with van der Waals surface area (Å²) in [6.07, 6.45) is 7.45. The monoisotopic (exact) mass is 442 g/mol. The normalized spacial score (nSPS) is 16.4. The third-order valence-corrected chi connectivity index (χ3v) is 6.93. The largest absolute Gasteiger partial charge is 0.364 e. The van der Waals surface area contributed by atoms with Gasteiger partial charge in [-0.25, -0.2) is 8.42 Å². The van der Waals surface area contributed by atoms with Gasteiger partial charge in [0.25, 0.3) is 0 Å². The Kier molecular flexibility index (Phi) is 10.6. The Bertz CT molecular complexity index is 713. The van der Waals surface area contributed by atoms with Crippen molar-refractivity contribution in [1.82, 2.24) is 24.6 Å². The number of rotatable bonds is 12. The third kappa shape index (κ3) is 8.61. The molecule has 1 aromatic rings. The summed E-state index contributed by atoms with van der Waals surface area (Å²) in [5, 5.41) is 7.06. The summed E-state index contributed by atoms with van der Waals surface area (Å²) in [5.41, 5.74) is 0.439. The molecule has 1 fully saturated rings. The van der Waals surface area contributed by atoms with Gasteiger partial charge in [0.2, 0.25) is 10.0 Å². The van der Waals surface area contributed by atoms with E-state index in [1.807, 2.05) is 0 Å². The molecule has 0 bridgehead atoms. The number of hydrogen-bond acceptors (Lipinski definition) is 6. The molecular formula is C20H38N6O3S. The van der Waals surface area contributed by atoms with Gasteiger partial charge in [-0.3, -0.25) is 4.99 Å². The average molecular weight is 443 g/mol. The van der Waals surface area contributed by atoms with Crippen LogP contribution in [-0.4, -0.2) is 93.5 Å². The van der Waals surface area contributed by atoms with Crippen LogP contribution in [-0.2, 0) is 15.8 Å². The molecule has 0 unspecified atom stereocenters. The molecule has 0 atom stereocenters. The molecule has 1 saturated heterocycles. The van der Waals surface area contributed by atoms with Crippen LogP contribution >= 0.6 is 0 Å². The Hall–Kier alpha value is -1.65. The van der Waals surface area contributed by atoms with E-state index in [0.717, 1.165) is 32.0 Å². The standard InChI is InChI=1S/C20H38N6O3S/c1-4-21-20(22-11-8-6-5-7-9-12-24(2)3)25-13-15-26(16-14-25)30(27,28)18-19-10-17-29-23-19/h10,17H,4-9,11-16,18H2,1-3H3,(H,21,22). The van der Waals surface area contributed by atoms with E-state index in [1.165, 1.54) is 36.3 Å². The number of nitrogens with zero attached hydrogens (tertiary/aromatic N) is 5. The van der Waals surface area contributed by atoms with Crippen molar-refractivity contribution in [3.8, 4) is 0 Å². The number of piperazine rings is 1. The van der Waals surface area contributed by atoms with Crippen molar-refractivity contribution in [2.45, 2.75) is 44.8 Å².